The Morgan fingerprint density at radius 3 is 2.67 bits per heavy atom. The molecule has 9 heteroatoms. The summed E-state index contributed by atoms with van der Waals surface area (Å²) < 4.78 is 11.5. The van der Waals surface area contributed by atoms with Gasteiger partial charge in [0.05, 0.1) is 36.9 Å². The van der Waals surface area contributed by atoms with Crippen LogP contribution in [0.5, 0.6) is 11.5 Å². The molecule has 2 aromatic carbocycles. The first-order chi connectivity index (χ1) is 13.0. The Labute approximate surface area is 159 Å². The molecule has 140 valence electrons. The van der Waals surface area contributed by atoms with Gasteiger partial charge in [-0.1, -0.05) is 28.9 Å². The Kier molecular flexibility index (Phi) is 5.56. The first kappa shape index (κ1) is 18.7. The zero-order chi connectivity index (χ0) is 19.4. The molecule has 0 saturated carbocycles. The molecule has 0 unspecified atom stereocenters. The monoisotopic (exact) mass is 388 g/mol. The number of rotatable bonds is 6. The van der Waals surface area contributed by atoms with Gasteiger partial charge in [0.25, 0.3) is 5.56 Å². The number of carbonyl (C=O) groups is 1. The molecule has 0 radical (unpaired) electrons. The summed E-state index contributed by atoms with van der Waals surface area (Å²) in [7, 11) is 2.96. The standard InChI is InChI=1S/C18H17ClN4O4/c1-26-15-10-16(27-2)14(9-12(15)19)20-17(24)7-8-23-18(25)11-5-3-4-6-13(11)21-22-23/h3-6,9-10H,7-8H2,1-2H3,(H,20,24). The van der Waals surface area contributed by atoms with Crippen molar-refractivity contribution in [2.24, 2.45) is 0 Å². The third-order valence-electron chi connectivity index (χ3n) is 3.93. The van der Waals surface area contributed by atoms with E-state index in [9.17, 15) is 9.59 Å². The fraction of sp³-hybridized carbons (Fsp3) is 0.222. The molecule has 3 rings (SSSR count). The molecular formula is C18H17ClN4O4. The Hall–Kier alpha value is -3.13. The average Bonchev–Trinajstić information content (AvgIpc) is 2.68. The molecule has 0 atom stereocenters. The number of hydrogen-bond donors (Lipinski definition) is 1. The Balaban J connectivity index is 1.73. The number of hydrogen-bond acceptors (Lipinski definition) is 6. The number of carbonyl (C=O) groups excluding carboxylic acids is 1. The van der Waals surface area contributed by atoms with Crippen LogP contribution in [0, 0.1) is 0 Å². The molecule has 0 aliphatic carbocycles. The summed E-state index contributed by atoms with van der Waals surface area (Å²) in [5.74, 6) is 0.521. The second kappa shape index (κ2) is 8.05. The molecule has 0 bridgehead atoms. The second-order valence-electron chi connectivity index (χ2n) is 5.62. The van der Waals surface area contributed by atoms with Crippen molar-refractivity contribution in [1.29, 1.82) is 0 Å². The molecule has 1 N–H and O–H groups in total. The summed E-state index contributed by atoms with van der Waals surface area (Å²) in [6.45, 7) is 0.0920. The smallest absolute Gasteiger partial charge is 0.277 e. The minimum atomic E-state index is -0.323. The van der Waals surface area contributed by atoms with E-state index in [1.807, 2.05) is 0 Å². The molecule has 0 aliphatic heterocycles. The van der Waals surface area contributed by atoms with Crippen molar-refractivity contribution in [2.75, 3.05) is 19.5 Å². The SMILES string of the molecule is COc1cc(OC)c(NC(=O)CCn2nnc3ccccc3c2=O)cc1Cl. The van der Waals surface area contributed by atoms with Gasteiger partial charge < -0.3 is 14.8 Å². The molecule has 1 aromatic heterocycles. The van der Waals surface area contributed by atoms with Gasteiger partial charge in [-0.25, -0.2) is 4.68 Å². The van der Waals surface area contributed by atoms with Crippen molar-refractivity contribution in [2.45, 2.75) is 13.0 Å². The van der Waals surface area contributed by atoms with Crippen molar-refractivity contribution in [3.8, 4) is 11.5 Å². The fourth-order valence-corrected chi connectivity index (χ4v) is 2.79. The normalized spacial score (nSPS) is 10.6. The summed E-state index contributed by atoms with van der Waals surface area (Å²) in [4.78, 5) is 24.7. The number of ether oxygens (including phenoxy) is 2. The maximum Gasteiger partial charge on any atom is 0.277 e. The number of aromatic nitrogens is 3. The van der Waals surface area contributed by atoms with E-state index in [1.54, 1.807) is 36.4 Å². The lowest BCUT2D eigenvalue weighted by atomic mass is 10.2. The Bertz CT molecular complexity index is 1050. The number of amides is 1. The van der Waals surface area contributed by atoms with Gasteiger partial charge in [0.15, 0.2) is 0 Å². The molecule has 1 heterocycles. The largest absolute Gasteiger partial charge is 0.495 e. The molecule has 1 amide bonds. The predicted molar refractivity (Wildman–Crippen MR) is 102 cm³/mol. The first-order valence-electron chi connectivity index (χ1n) is 8.07. The summed E-state index contributed by atoms with van der Waals surface area (Å²) in [6, 6.07) is 10.0. The van der Waals surface area contributed by atoms with Crippen molar-refractivity contribution in [3.05, 3.63) is 51.8 Å². The van der Waals surface area contributed by atoms with Gasteiger partial charge >= 0.3 is 0 Å². The van der Waals surface area contributed by atoms with E-state index in [0.29, 0.717) is 33.1 Å². The van der Waals surface area contributed by atoms with Crippen LogP contribution in [0.15, 0.2) is 41.2 Å². The number of nitrogens with one attached hydrogen (secondary N) is 1. The summed E-state index contributed by atoms with van der Waals surface area (Å²) >= 11 is 6.10. The number of nitrogens with zero attached hydrogens (tertiary/aromatic N) is 3. The zero-order valence-corrected chi connectivity index (χ0v) is 15.5. The number of benzene rings is 2. The highest BCUT2D eigenvalue weighted by molar-refractivity contribution is 6.32. The molecule has 3 aromatic rings. The van der Waals surface area contributed by atoms with Gasteiger partial charge in [-0.05, 0) is 18.2 Å². The van der Waals surface area contributed by atoms with Crippen molar-refractivity contribution < 1.29 is 14.3 Å². The van der Waals surface area contributed by atoms with Gasteiger partial charge in [0.1, 0.15) is 17.0 Å². The number of aryl methyl sites for hydroxylation is 1. The fourth-order valence-electron chi connectivity index (χ4n) is 2.55. The lowest BCUT2D eigenvalue weighted by molar-refractivity contribution is -0.116. The molecule has 0 fully saturated rings. The van der Waals surface area contributed by atoms with Gasteiger partial charge in [-0.15, -0.1) is 5.10 Å². The maximum absolute atomic E-state index is 12.4. The Morgan fingerprint density at radius 2 is 1.93 bits per heavy atom. The van der Waals surface area contributed by atoms with Gasteiger partial charge in [0, 0.05) is 12.5 Å². The van der Waals surface area contributed by atoms with Crippen molar-refractivity contribution in [3.63, 3.8) is 0 Å². The first-order valence-corrected chi connectivity index (χ1v) is 8.45. The van der Waals surface area contributed by atoms with E-state index in [0.717, 1.165) is 0 Å². The average molecular weight is 389 g/mol. The van der Waals surface area contributed by atoms with Crippen LogP contribution in [0.4, 0.5) is 5.69 Å². The Morgan fingerprint density at radius 1 is 1.19 bits per heavy atom. The highest BCUT2D eigenvalue weighted by Gasteiger charge is 2.13. The van der Waals surface area contributed by atoms with Gasteiger partial charge in [0.2, 0.25) is 5.91 Å². The van der Waals surface area contributed by atoms with Gasteiger partial charge in [-0.2, -0.15) is 0 Å². The second-order valence-corrected chi connectivity index (χ2v) is 6.03. The minimum absolute atomic E-state index is 0.0275. The third kappa shape index (κ3) is 4.01. The third-order valence-corrected chi connectivity index (χ3v) is 4.22. The number of methoxy groups -OCH3 is 2. The van der Waals surface area contributed by atoms with Crippen LogP contribution in [-0.2, 0) is 11.3 Å². The van der Waals surface area contributed by atoms with Crippen LogP contribution in [0.1, 0.15) is 6.42 Å². The zero-order valence-electron chi connectivity index (χ0n) is 14.7. The van der Waals surface area contributed by atoms with E-state index in [-0.39, 0.29) is 24.4 Å². The highest BCUT2D eigenvalue weighted by atomic mass is 35.5. The predicted octanol–water partition coefficient (Wildman–Crippen LogP) is 2.49. The number of anilines is 1. The molecule has 8 nitrogen and oxygen atoms in total. The number of fused-ring (bicyclic) bond motifs is 1. The highest BCUT2D eigenvalue weighted by Crippen LogP contribution is 2.35. The van der Waals surface area contributed by atoms with Crippen LogP contribution >= 0.6 is 11.6 Å². The van der Waals surface area contributed by atoms with Crippen molar-refractivity contribution in [1.82, 2.24) is 15.0 Å². The summed E-state index contributed by atoms with van der Waals surface area (Å²) in [6.07, 6.45) is 0.0275. The van der Waals surface area contributed by atoms with E-state index in [2.05, 4.69) is 15.6 Å². The van der Waals surface area contributed by atoms with E-state index < -0.39 is 0 Å². The lowest BCUT2D eigenvalue weighted by Crippen LogP contribution is -2.26. The lowest BCUT2D eigenvalue weighted by Gasteiger charge is -2.13. The van der Waals surface area contributed by atoms with Crippen molar-refractivity contribution >= 4 is 34.1 Å². The van der Waals surface area contributed by atoms with Gasteiger partial charge in [-0.3, -0.25) is 9.59 Å². The van der Waals surface area contributed by atoms with Crippen LogP contribution in [0.3, 0.4) is 0 Å². The van der Waals surface area contributed by atoms with Crippen LogP contribution < -0.4 is 20.3 Å². The van der Waals surface area contributed by atoms with E-state index >= 15 is 0 Å². The van der Waals surface area contributed by atoms with E-state index in [1.165, 1.54) is 18.9 Å². The van der Waals surface area contributed by atoms with E-state index in [4.69, 9.17) is 21.1 Å². The summed E-state index contributed by atoms with van der Waals surface area (Å²) in [5.41, 5.74) is 0.629. The molecule has 0 spiro atoms. The van der Waals surface area contributed by atoms with Crippen LogP contribution in [-0.4, -0.2) is 35.1 Å². The molecule has 0 aliphatic rings. The topological polar surface area (TPSA) is 95.3 Å². The molecule has 0 saturated heterocycles. The minimum Gasteiger partial charge on any atom is -0.495 e. The van der Waals surface area contributed by atoms with Crippen LogP contribution in [0.25, 0.3) is 10.9 Å². The number of halogens is 1. The van der Waals surface area contributed by atoms with Crippen LogP contribution in [0.2, 0.25) is 5.02 Å². The maximum atomic E-state index is 12.4. The molecule has 27 heavy (non-hydrogen) atoms. The molecular weight excluding hydrogens is 372 g/mol. The summed E-state index contributed by atoms with van der Waals surface area (Å²) in [5, 5.41) is 11.4. The quantitative estimate of drug-likeness (QED) is 0.697.